The standard InChI is InChI=1S/C28H29FN2O6/c1-34-21-11-9-20(10-12-21)31-25(32)14-13-22(26(31)17-5-7-18(29)8-6-17)28(33)30-19-15-23(35-2)27(37-4)24(16-19)36-3/h5-12,15-16,22,26H,13-14H2,1-4H3,(H,30,33)/t22-,26-/m1/s1. The van der Waals surface area contributed by atoms with Crippen LogP contribution in [0.25, 0.3) is 0 Å². The number of methoxy groups -OCH3 is 4. The smallest absolute Gasteiger partial charge is 0.229 e. The third-order valence-electron chi connectivity index (χ3n) is 6.43. The van der Waals surface area contributed by atoms with Gasteiger partial charge in [-0.3, -0.25) is 9.59 Å². The minimum Gasteiger partial charge on any atom is -0.497 e. The number of rotatable bonds is 8. The average Bonchev–Trinajstić information content (AvgIpc) is 2.92. The van der Waals surface area contributed by atoms with E-state index in [1.165, 1.54) is 33.5 Å². The molecule has 0 saturated carbocycles. The van der Waals surface area contributed by atoms with Crippen LogP contribution in [-0.2, 0) is 9.59 Å². The van der Waals surface area contributed by atoms with E-state index in [1.807, 2.05) is 0 Å². The van der Waals surface area contributed by atoms with Crippen molar-refractivity contribution in [3.05, 3.63) is 72.0 Å². The monoisotopic (exact) mass is 508 g/mol. The van der Waals surface area contributed by atoms with Crippen molar-refractivity contribution in [2.75, 3.05) is 38.7 Å². The highest BCUT2D eigenvalue weighted by molar-refractivity contribution is 6.00. The van der Waals surface area contributed by atoms with E-state index in [1.54, 1.807) is 60.5 Å². The van der Waals surface area contributed by atoms with Crippen molar-refractivity contribution in [3.63, 3.8) is 0 Å². The first-order valence-electron chi connectivity index (χ1n) is 11.7. The second-order valence-electron chi connectivity index (χ2n) is 8.51. The van der Waals surface area contributed by atoms with Gasteiger partial charge in [0.1, 0.15) is 11.6 Å². The first kappa shape index (κ1) is 25.8. The number of hydrogen-bond donors (Lipinski definition) is 1. The zero-order valence-electron chi connectivity index (χ0n) is 21.1. The number of ether oxygens (including phenoxy) is 4. The van der Waals surface area contributed by atoms with Gasteiger partial charge in [0, 0.05) is 29.9 Å². The number of benzene rings is 3. The molecule has 0 radical (unpaired) electrons. The summed E-state index contributed by atoms with van der Waals surface area (Å²) < 4.78 is 35.2. The molecule has 0 spiro atoms. The van der Waals surface area contributed by atoms with Crippen molar-refractivity contribution in [1.29, 1.82) is 0 Å². The van der Waals surface area contributed by atoms with Crippen molar-refractivity contribution in [2.24, 2.45) is 5.92 Å². The number of hydrogen-bond acceptors (Lipinski definition) is 6. The number of piperidine rings is 1. The Labute approximate surface area is 214 Å². The first-order valence-corrected chi connectivity index (χ1v) is 11.7. The Morgan fingerprint density at radius 1 is 0.892 bits per heavy atom. The molecule has 1 saturated heterocycles. The van der Waals surface area contributed by atoms with Crippen molar-refractivity contribution < 1.29 is 32.9 Å². The van der Waals surface area contributed by atoms with E-state index in [4.69, 9.17) is 18.9 Å². The SMILES string of the molecule is COc1ccc(N2C(=O)CC[C@@H](C(=O)Nc3cc(OC)c(OC)c(OC)c3)[C@H]2c2ccc(F)cc2)cc1. The van der Waals surface area contributed by atoms with E-state index in [-0.39, 0.29) is 18.2 Å². The van der Waals surface area contributed by atoms with Crippen molar-refractivity contribution in [1.82, 2.24) is 0 Å². The zero-order chi connectivity index (χ0) is 26.5. The quantitative estimate of drug-likeness (QED) is 0.462. The van der Waals surface area contributed by atoms with Gasteiger partial charge in [-0.05, 0) is 48.4 Å². The summed E-state index contributed by atoms with van der Waals surface area (Å²) in [4.78, 5) is 28.5. The maximum atomic E-state index is 13.8. The summed E-state index contributed by atoms with van der Waals surface area (Å²) in [6, 6.07) is 15.5. The Morgan fingerprint density at radius 2 is 1.51 bits per heavy atom. The van der Waals surface area contributed by atoms with Crippen LogP contribution in [0.1, 0.15) is 24.4 Å². The molecular formula is C28H29FN2O6. The molecule has 1 fully saturated rings. The van der Waals surface area contributed by atoms with Crippen LogP contribution in [0.5, 0.6) is 23.0 Å². The zero-order valence-corrected chi connectivity index (χ0v) is 21.1. The lowest BCUT2D eigenvalue weighted by Gasteiger charge is -2.41. The fourth-order valence-electron chi connectivity index (χ4n) is 4.64. The number of anilines is 2. The molecule has 1 aliphatic rings. The lowest BCUT2D eigenvalue weighted by molar-refractivity contribution is -0.125. The van der Waals surface area contributed by atoms with E-state index in [0.29, 0.717) is 46.4 Å². The highest BCUT2D eigenvalue weighted by atomic mass is 19.1. The Balaban J connectivity index is 1.73. The minimum absolute atomic E-state index is 0.128. The van der Waals surface area contributed by atoms with Crippen LogP contribution in [0, 0.1) is 11.7 Å². The Kier molecular flexibility index (Phi) is 7.81. The maximum Gasteiger partial charge on any atom is 0.229 e. The summed E-state index contributed by atoms with van der Waals surface area (Å²) in [7, 11) is 6.05. The molecule has 8 nitrogen and oxygen atoms in total. The normalized spacial score (nSPS) is 17.2. The van der Waals surface area contributed by atoms with Gasteiger partial charge >= 0.3 is 0 Å². The molecule has 3 aromatic rings. The lowest BCUT2D eigenvalue weighted by Crippen LogP contribution is -2.47. The average molecular weight is 509 g/mol. The van der Waals surface area contributed by atoms with Crippen LogP contribution in [-0.4, -0.2) is 40.3 Å². The van der Waals surface area contributed by atoms with Crippen LogP contribution in [0.2, 0.25) is 0 Å². The van der Waals surface area contributed by atoms with Gasteiger partial charge in [0.2, 0.25) is 17.6 Å². The molecule has 0 unspecified atom stereocenters. The Morgan fingerprint density at radius 3 is 2.05 bits per heavy atom. The lowest BCUT2D eigenvalue weighted by atomic mass is 9.83. The summed E-state index contributed by atoms with van der Waals surface area (Å²) >= 11 is 0. The third-order valence-corrected chi connectivity index (χ3v) is 6.43. The molecule has 0 aliphatic carbocycles. The summed E-state index contributed by atoms with van der Waals surface area (Å²) in [6.45, 7) is 0. The number of nitrogens with one attached hydrogen (secondary N) is 1. The largest absolute Gasteiger partial charge is 0.497 e. The Hall–Kier alpha value is -4.27. The summed E-state index contributed by atoms with van der Waals surface area (Å²) in [5.41, 5.74) is 1.71. The molecule has 3 aromatic carbocycles. The number of carbonyl (C=O) groups excluding carboxylic acids is 2. The van der Waals surface area contributed by atoms with Gasteiger partial charge in [0.05, 0.1) is 40.4 Å². The van der Waals surface area contributed by atoms with E-state index in [9.17, 15) is 14.0 Å². The van der Waals surface area contributed by atoms with Gasteiger partial charge in [-0.15, -0.1) is 0 Å². The van der Waals surface area contributed by atoms with E-state index in [0.717, 1.165) is 0 Å². The molecule has 1 aliphatic heterocycles. The number of carbonyl (C=O) groups is 2. The highest BCUT2D eigenvalue weighted by Gasteiger charge is 2.41. The minimum atomic E-state index is -0.655. The first-order chi connectivity index (χ1) is 17.9. The fourth-order valence-corrected chi connectivity index (χ4v) is 4.64. The van der Waals surface area contributed by atoms with E-state index < -0.39 is 17.8 Å². The van der Waals surface area contributed by atoms with Gasteiger partial charge in [-0.2, -0.15) is 0 Å². The molecule has 9 heteroatoms. The van der Waals surface area contributed by atoms with Crippen LogP contribution in [0.15, 0.2) is 60.7 Å². The molecule has 0 bridgehead atoms. The van der Waals surface area contributed by atoms with Crippen molar-refractivity contribution in [2.45, 2.75) is 18.9 Å². The molecule has 194 valence electrons. The van der Waals surface area contributed by atoms with Crippen LogP contribution >= 0.6 is 0 Å². The summed E-state index contributed by atoms with van der Waals surface area (Å²) in [5, 5.41) is 2.94. The second kappa shape index (κ2) is 11.2. The van der Waals surface area contributed by atoms with Gasteiger partial charge in [-0.25, -0.2) is 4.39 Å². The third kappa shape index (κ3) is 5.30. The van der Waals surface area contributed by atoms with Crippen molar-refractivity contribution in [3.8, 4) is 23.0 Å². The molecule has 1 heterocycles. The topological polar surface area (TPSA) is 86.3 Å². The van der Waals surface area contributed by atoms with Crippen LogP contribution in [0.3, 0.4) is 0 Å². The molecule has 4 rings (SSSR count). The number of amides is 2. The second-order valence-corrected chi connectivity index (χ2v) is 8.51. The molecule has 0 aromatic heterocycles. The highest BCUT2D eigenvalue weighted by Crippen LogP contribution is 2.43. The van der Waals surface area contributed by atoms with Gasteiger partial charge in [0.25, 0.3) is 0 Å². The van der Waals surface area contributed by atoms with E-state index >= 15 is 0 Å². The van der Waals surface area contributed by atoms with Gasteiger partial charge < -0.3 is 29.2 Å². The van der Waals surface area contributed by atoms with Gasteiger partial charge in [0.15, 0.2) is 11.5 Å². The van der Waals surface area contributed by atoms with Crippen LogP contribution in [0.4, 0.5) is 15.8 Å². The fraction of sp³-hybridized carbons (Fsp3) is 0.286. The molecule has 37 heavy (non-hydrogen) atoms. The molecule has 2 amide bonds. The van der Waals surface area contributed by atoms with E-state index in [2.05, 4.69) is 5.32 Å². The maximum absolute atomic E-state index is 13.8. The molecular weight excluding hydrogens is 479 g/mol. The Bertz CT molecular complexity index is 1240. The predicted molar refractivity (Wildman–Crippen MR) is 137 cm³/mol. The molecule has 2 atom stereocenters. The summed E-state index contributed by atoms with van der Waals surface area (Å²) in [5.74, 6) is 0.386. The van der Waals surface area contributed by atoms with Crippen molar-refractivity contribution >= 4 is 23.2 Å². The predicted octanol–water partition coefficient (Wildman–Crippen LogP) is 4.98. The number of nitrogens with zero attached hydrogens (tertiary/aromatic N) is 1. The summed E-state index contributed by atoms with van der Waals surface area (Å²) in [6.07, 6.45) is 0.501. The van der Waals surface area contributed by atoms with Gasteiger partial charge in [-0.1, -0.05) is 12.1 Å². The van der Waals surface area contributed by atoms with Crippen LogP contribution < -0.4 is 29.2 Å². The number of halogens is 1. The molecule has 1 N–H and O–H groups in total.